The number of hydrogen-bond acceptors (Lipinski definition) is 4. The highest BCUT2D eigenvalue weighted by Gasteiger charge is 2.10. The molecule has 4 rings (SSSR count). The van der Waals surface area contributed by atoms with Crippen LogP contribution < -0.4 is 10.1 Å². The number of carbonyl (C=O) groups excluding carboxylic acids is 1. The molecule has 0 aliphatic heterocycles. The number of hydrogen-bond donors (Lipinski definition) is 1. The maximum absolute atomic E-state index is 13.6. The Kier molecular flexibility index (Phi) is 6.21. The molecule has 6 nitrogen and oxygen atoms in total. The molecule has 3 aromatic carbocycles. The third-order valence-electron chi connectivity index (χ3n) is 4.85. The van der Waals surface area contributed by atoms with E-state index in [9.17, 15) is 9.18 Å². The molecule has 0 atom stereocenters. The molecule has 1 heterocycles. The summed E-state index contributed by atoms with van der Waals surface area (Å²) in [6.07, 6.45) is 3.40. The Morgan fingerprint density at radius 1 is 1.03 bits per heavy atom. The van der Waals surface area contributed by atoms with Crippen molar-refractivity contribution in [2.75, 3.05) is 11.9 Å². The molecule has 7 heteroatoms. The standard InChI is InChI=1S/C24H23FN4O2/c1-2-3-6-17-9-12-19(13-10-17)29-27-21-14-11-18(15-22(21)28-29)26-24(30)16-31-23-8-5-4-7-20(23)25/h4-5,7-15H,2-3,6,16H2,1H3,(H,26,30). The Labute approximate surface area is 179 Å². The topological polar surface area (TPSA) is 69.0 Å². The molecule has 0 spiro atoms. The molecule has 1 N–H and O–H groups in total. The van der Waals surface area contributed by atoms with Gasteiger partial charge in [0.15, 0.2) is 18.2 Å². The summed E-state index contributed by atoms with van der Waals surface area (Å²) in [5.74, 6) is -0.860. The molecule has 0 saturated heterocycles. The largest absolute Gasteiger partial charge is 0.481 e. The molecule has 0 aliphatic carbocycles. The van der Waals surface area contributed by atoms with Gasteiger partial charge in [-0.15, -0.1) is 10.2 Å². The third kappa shape index (κ3) is 5.06. The van der Waals surface area contributed by atoms with Crippen molar-refractivity contribution in [1.82, 2.24) is 15.0 Å². The van der Waals surface area contributed by atoms with E-state index in [2.05, 4.69) is 34.6 Å². The van der Waals surface area contributed by atoms with E-state index >= 15 is 0 Å². The third-order valence-corrected chi connectivity index (χ3v) is 4.85. The van der Waals surface area contributed by atoms with E-state index < -0.39 is 11.7 Å². The van der Waals surface area contributed by atoms with Gasteiger partial charge in [-0.2, -0.15) is 4.80 Å². The summed E-state index contributed by atoms with van der Waals surface area (Å²) < 4.78 is 18.8. The normalized spacial score (nSPS) is 10.9. The number of unbranched alkanes of at least 4 members (excludes halogenated alkanes) is 1. The monoisotopic (exact) mass is 418 g/mol. The summed E-state index contributed by atoms with van der Waals surface area (Å²) in [6.45, 7) is 1.89. The smallest absolute Gasteiger partial charge is 0.262 e. The van der Waals surface area contributed by atoms with Gasteiger partial charge < -0.3 is 10.1 Å². The number of aromatic nitrogens is 3. The van der Waals surface area contributed by atoms with Gasteiger partial charge in [-0.05, 0) is 60.9 Å². The summed E-state index contributed by atoms with van der Waals surface area (Å²) in [6, 6.07) is 19.5. The summed E-state index contributed by atoms with van der Waals surface area (Å²) in [4.78, 5) is 13.8. The molecule has 0 fully saturated rings. The number of para-hydroxylation sites is 1. The molecule has 1 aromatic heterocycles. The number of nitrogens with zero attached hydrogens (tertiary/aromatic N) is 3. The van der Waals surface area contributed by atoms with Gasteiger partial charge in [-0.1, -0.05) is 37.6 Å². The first-order valence-electron chi connectivity index (χ1n) is 10.3. The molecule has 4 aromatic rings. The lowest BCUT2D eigenvalue weighted by atomic mass is 10.1. The molecule has 158 valence electrons. The van der Waals surface area contributed by atoms with Crippen LogP contribution in [-0.2, 0) is 11.2 Å². The van der Waals surface area contributed by atoms with Gasteiger partial charge in [0.1, 0.15) is 11.0 Å². The number of ether oxygens (including phenoxy) is 1. The lowest BCUT2D eigenvalue weighted by molar-refractivity contribution is -0.118. The molecular formula is C24H23FN4O2. The number of fused-ring (bicyclic) bond motifs is 1. The SMILES string of the molecule is CCCCc1ccc(-n2nc3ccc(NC(=O)COc4ccccc4F)cc3n2)cc1. The van der Waals surface area contributed by atoms with E-state index in [0.717, 1.165) is 17.6 Å². The quantitative estimate of drug-likeness (QED) is 0.441. The summed E-state index contributed by atoms with van der Waals surface area (Å²) >= 11 is 0. The van der Waals surface area contributed by atoms with Crippen LogP contribution in [-0.4, -0.2) is 27.5 Å². The van der Waals surface area contributed by atoms with E-state index in [4.69, 9.17) is 4.74 Å². The number of anilines is 1. The van der Waals surface area contributed by atoms with Crippen molar-refractivity contribution in [2.45, 2.75) is 26.2 Å². The Hall–Kier alpha value is -3.74. The predicted molar refractivity (Wildman–Crippen MR) is 118 cm³/mol. The summed E-state index contributed by atoms with van der Waals surface area (Å²) in [5, 5.41) is 11.8. The number of halogens is 1. The first kappa shape index (κ1) is 20.5. The van der Waals surface area contributed by atoms with E-state index in [1.54, 1.807) is 35.1 Å². The number of carbonyl (C=O) groups is 1. The molecule has 0 aliphatic rings. The molecule has 0 saturated carbocycles. The lowest BCUT2D eigenvalue weighted by Crippen LogP contribution is -2.20. The Morgan fingerprint density at radius 3 is 2.58 bits per heavy atom. The fourth-order valence-electron chi connectivity index (χ4n) is 3.19. The lowest BCUT2D eigenvalue weighted by Gasteiger charge is -2.07. The highest BCUT2D eigenvalue weighted by molar-refractivity contribution is 5.93. The van der Waals surface area contributed by atoms with Crippen LogP contribution in [0.15, 0.2) is 66.7 Å². The molecule has 1 amide bonds. The van der Waals surface area contributed by atoms with Crippen LogP contribution in [0.3, 0.4) is 0 Å². The predicted octanol–water partition coefficient (Wildman–Crippen LogP) is 4.92. The van der Waals surface area contributed by atoms with E-state index in [0.29, 0.717) is 11.2 Å². The van der Waals surface area contributed by atoms with E-state index in [-0.39, 0.29) is 12.4 Å². The molecule has 0 radical (unpaired) electrons. The van der Waals surface area contributed by atoms with E-state index in [1.807, 2.05) is 12.1 Å². The van der Waals surface area contributed by atoms with Crippen LogP contribution >= 0.6 is 0 Å². The summed E-state index contributed by atoms with van der Waals surface area (Å²) in [7, 11) is 0. The molecule has 0 bridgehead atoms. The zero-order valence-corrected chi connectivity index (χ0v) is 17.2. The molecular weight excluding hydrogens is 395 g/mol. The zero-order chi connectivity index (χ0) is 21.6. The highest BCUT2D eigenvalue weighted by atomic mass is 19.1. The minimum Gasteiger partial charge on any atom is -0.481 e. The summed E-state index contributed by atoms with van der Waals surface area (Å²) in [5.41, 5.74) is 4.11. The van der Waals surface area contributed by atoms with Gasteiger partial charge in [0.05, 0.1) is 5.69 Å². The van der Waals surface area contributed by atoms with Crippen LogP contribution in [0, 0.1) is 5.82 Å². The number of rotatable bonds is 8. The van der Waals surface area contributed by atoms with Crippen molar-refractivity contribution in [3.63, 3.8) is 0 Å². The van der Waals surface area contributed by atoms with Crippen molar-refractivity contribution >= 4 is 22.6 Å². The second kappa shape index (κ2) is 9.38. The van der Waals surface area contributed by atoms with E-state index in [1.165, 1.54) is 30.5 Å². The average Bonchev–Trinajstić information content (AvgIpc) is 3.21. The van der Waals surface area contributed by atoms with Gasteiger partial charge in [0, 0.05) is 5.69 Å². The van der Waals surface area contributed by atoms with Crippen LogP contribution in [0.2, 0.25) is 0 Å². The van der Waals surface area contributed by atoms with Gasteiger partial charge in [-0.3, -0.25) is 4.79 Å². The van der Waals surface area contributed by atoms with Crippen LogP contribution in [0.25, 0.3) is 16.7 Å². The average molecular weight is 418 g/mol. The highest BCUT2D eigenvalue weighted by Crippen LogP contribution is 2.19. The Bertz CT molecular complexity index is 1190. The second-order valence-electron chi connectivity index (χ2n) is 7.23. The minimum atomic E-state index is -0.508. The van der Waals surface area contributed by atoms with Gasteiger partial charge in [-0.25, -0.2) is 4.39 Å². The van der Waals surface area contributed by atoms with Crippen molar-refractivity contribution < 1.29 is 13.9 Å². The first-order valence-corrected chi connectivity index (χ1v) is 10.3. The second-order valence-corrected chi connectivity index (χ2v) is 7.23. The molecule has 0 unspecified atom stereocenters. The van der Waals surface area contributed by atoms with Crippen LogP contribution in [0.1, 0.15) is 25.3 Å². The number of nitrogens with one attached hydrogen (secondary N) is 1. The van der Waals surface area contributed by atoms with Gasteiger partial charge in [0.25, 0.3) is 5.91 Å². The van der Waals surface area contributed by atoms with Gasteiger partial charge >= 0.3 is 0 Å². The van der Waals surface area contributed by atoms with Gasteiger partial charge in [0.2, 0.25) is 0 Å². The maximum atomic E-state index is 13.6. The maximum Gasteiger partial charge on any atom is 0.262 e. The van der Waals surface area contributed by atoms with Crippen molar-refractivity contribution in [2.24, 2.45) is 0 Å². The number of amides is 1. The minimum absolute atomic E-state index is 0.0387. The fraction of sp³-hybridized carbons (Fsp3) is 0.208. The van der Waals surface area contributed by atoms with Crippen LogP contribution in [0.5, 0.6) is 5.75 Å². The Morgan fingerprint density at radius 2 is 1.81 bits per heavy atom. The number of aryl methyl sites for hydroxylation is 1. The zero-order valence-electron chi connectivity index (χ0n) is 17.2. The van der Waals surface area contributed by atoms with Crippen LogP contribution in [0.4, 0.5) is 10.1 Å². The number of benzene rings is 3. The Balaban J connectivity index is 1.42. The fourth-order valence-corrected chi connectivity index (χ4v) is 3.19. The van der Waals surface area contributed by atoms with Crippen molar-refractivity contribution in [1.29, 1.82) is 0 Å². The first-order chi connectivity index (χ1) is 15.1. The van der Waals surface area contributed by atoms with Crippen molar-refractivity contribution in [3.8, 4) is 11.4 Å². The molecule has 31 heavy (non-hydrogen) atoms. The van der Waals surface area contributed by atoms with Crippen molar-refractivity contribution in [3.05, 3.63) is 78.1 Å².